The van der Waals surface area contributed by atoms with E-state index in [0.29, 0.717) is 5.56 Å². The molecule has 1 unspecified atom stereocenters. The normalized spacial score (nSPS) is 14.7. The van der Waals surface area contributed by atoms with Gasteiger partial charge in [0.05, 0.1) is 0 Å². The number of benzene rings is 2. The van der Waals surface area contributed by atoms with Crippen molar-refractivity contribution < 1.29 is 18.3 Å². The molecule has 0 bridgehead atoms. The fraction of sp³-hybridized carbons (Fsp3) is 0.222. The maximum Gasteiger partial charge on any atom is 0.425 e. The molecule has 1 atom stereocenters. The summed E-state index contributed by atoms with van der Waals surface area (Å²) in [5.41, 5.74) is -1.92. The van der Waals surface area contributed by atoms with Crippen molar-refractivity contribution in [2.45, 2.75) is 11.8 Å². The summed E-state index contributed by atoms with van der Waals surface area (Å²) in [5, 5.41) is 10.3. The third-order valence-corrected chi connectivity index (χ3v) is 3.57. The molecular formula is C18H18F3NO. The van der Waals surface area contributed by atoms with E-state index >= 15 is 0 Å². The maximum atomic E-state index is 13.4. The van der Waals surface area contributed by atoms with Crippen molar-refractivity contribution in [3.63, 3.8) is 0 Å². The summed E-state index contributed by atoms with van der Waals surface area (Å²) >= 11 is 0. The number of anilines is 1. The standard InChI is InChI=1S/C18H18F3NO/c1-22(2)16-10-8-15(9-11-16)17(23,18(19,20)21)13-12-14-6-4-3-5-7-14/h3-13,23H,1-2H3. The Bertz CT molecular complexity index is 663. The van der Waals surface area contributed by atoms with Crippen molar-refractivity contribution in [3.05, 3.63) is 71.8 Å². The molecule has 0 aliphatic heterocycles. The van der Waals surface area contributed by atoms with E-state index < -0.39 is 11.8 Å². The first-order chi connectivity index (χ1) is 10.7. The van der Waals surface area contributed by atoms with Gasteiger partial charge in [-0.2, -0.15) is 13.2 Å². The third-order valence-electron chi connectivity index (χ3n) is 3.57. The van der Waals surface area contributed by atoms with Crippen LogP contribution in [0.1, 0.15) is 11.1 Å². The van der Waals surface area contributed by atoms with E-state index in [1.165, 1.54) is 18.2 Å². The minimum Gasteiger partial charge on any atom is -0.378 e. The SMILES string of the molecule is CN(C)c1ccc(C(O)(C=Cc2ccccc2)C(F)(F)F)cc1. The minimum absolute atomic E-state index is 0.220. The van der Waals surface area contributed by atoms with Crippen molar-refractivity contribution in [1.29, 1.82) is 0 Å². The highest BCUT2D eigenvalue weighted by Gasteiger charge is 2.53. The van der Waals surface area contributed by atoms with E-state index in [1.54, 1.807) is 61.5 Å². The molecule has 0 fully saturated rings. The van der Waals surface area contributed by atoms with Gasteiger partial charge in [0.1, 0.15) is 0 Å². The molecule has 2 aromatic carbocycles. The molecule has 2 aromatic rings. The number of alkyl halides is 3. The van der Waals surface area contributed by atoms with Gasteiger partial charge in [-0.25, -0.2) is 0 Å². The van der Waals surface area contributed by atoms with E-state index in [0.717, 1.165) is 11.8 Å². The Labute approximate surface area is 133 Å². The lowest BCUT2D eigenvalue weighted by Crippen LogP contribution is -2.40. The van der Waals surface area contributed by atoms with E-state index in [2.05, 4.69) is 0 Å². The second kappa shape index (κ2) is 6.46. The van der Waals surface area contributed by atoms with Gasteiger partial charge in [0.25, 0.3) is 0 Å². The predicted molar refractivity (Wildman–Crippen MR) is 86.2 cm³/mol. The summed E-state index contributed by atoms with van der Waals surface area (Å²) in [4.78, 5) is 1.77. The van der Waals surface area contributed by atoms with E-state index in [4.69, 9.17) is 0 Å². The average Bonchev–Trinajstić information content (AvgIpc) is 2.52. The summed E-state index contributed by atoms with van der Waals surface area (Å²) in [6.07, 6.45) is -2.77. The number of hydrogen-bond acceptors (Lipinski definition) is 2. The van der Waals surface area contributed by atoms with Crippen LogP contribution in [0.3, 0.4) is 0 Å². The molecular weight excluding hydrogens is 303 g/mol. The first-order valence-electron chi connectivity index (χ1n) is 7.05. The summed E-state index contributed by atoms with van der Waals surface area (Å²) in [7, 11) is 3.58. The molecule has 1 N–H and O–H groups in total. The van der Waals surface area contributed by atoms with Crippen molar-refractivity contribution in [3.8, 4) is 0 Å². The zero-order valence-electron chi connectivity index (χ0n) is 12.9. The number of halogens is 3. The Hall–Kier alpha value is -2.27. The van der Waals surface area contributed by atoms with E-state index in [-0.39, 0.29) is 5.56 Å². The Morgan fingerprint density at radius 3 is 1.96 bits per heavy atom. The molecule has 0 aromatic heterocycles. The van der Waals surface area contributed by atoms with Crippen LogP contribution in [0.25, 0.3) is 6.08 Å². The summed E-state index contributed by atoms with van der Waals surface area (Å²) in [6, 6.07) is 14.2. The molecule has 0 aliphatic rings. The van der Waals surface area contributed by atoms with E-state index in [9.17, 15) is 18.3 Å². The smallest absolute Gasteiger partial charge is 0.378 e. The van der Waals surface area contributed by atoms with Crippen LogP contribution in [-0.2, 0) is 5.60 Å². The van der Waals surface area contributed by atoms with Gasteiger partial charge in [-0.15, -0.1) is 0 Å². The van der Waals surface area contributed by atoms with Crippen molar-refractivity contribution in [2.75, 3.05) is 19.0 Å². The molecule has 2 rings (SSSR count). The molecule has 0 amide bonds. The van der Waals surface area contributed by atoms with Crippen molar-refractivity contribution in [1.82, 2.24) is 0 Å². The highest BCUT2D eigenvalue weighted by molar-refractivity contribution is 5.53. The minimum atomic E-state index is -4.82. The highest BCUT2D eigenvalue weighted by Crippen LogP contribution is 2.41. The number of aliphatic hydroxyl groups is 1. The Morgan fingerprint density at radius 1 is 0.913 bits per heavy atom. The lowest BCUT2D eigenvalue weighted by Gasteiger charge is -2.28. The first-order valence-corrected chi connectivity index (χ1v) is 7.05. The van der Waals surface area contributed by atoms with Gasteiger partial charge >= 0.3 is 6.18 Å². The van der Waals surface area contributed by atoms with Gasteiger partial charge in [-0.1, -0.05) is 48.5 Å². The van der Waals surface area contributed by atoms with Crippen LogP contribution in [0, 0.1) is 0 Å². The molecule has 0 saturated heterocycles. The van der Waals surface area contributed by atoms with Crippen LogP contribution in [0.4, 0.5) is 18.9 Å². The lowest BCUT2D eigenvalue weighted by atomic mass is 9.91. The Balaban J connectivity index is 2.42. The van der Waals surface area contributed by atoms with Crippen molar-refractivity contribution >= 4 is 11.8 Å². The fourth-order valence-corrected chi connectivity index (χ4v) is 2.15. The lowest BCUT2D eigenvalue weighted by molar-refractivity contribution is -0.244. The topological polar surface area (TPSA) is 23.5 Å². The van der Waals surface area contributed by atoms with Crippen LogP contribution in [0.5, 0.6) is 0 Å². The van der Waals surface area contributed by atoms with Gasteiger partial charge in [-0.3, -0.25) is 0 Å². The molecule has 2 nitrogen and oxygen atoms in total. The van der Waals surface area contributed by atoms with Crippen LogP contribution < -0.4 is 4.90 Å². The number of nitrogens with zero attached hydrogens (tertiary/aromatic N) is 1. The zero-order valence-corrected chi connectivity index (χ0v) is 12.9. The molecule has 5 heteroatoms. The zero-order chi connectivity index (χ0) is 17.1. The van der Waals surface area contributed by atoms with Crippen LogP contribution in [0.2, 0.25) is 0 Å². The second-order valence-electron chi connectivity index (χ2n) is 5.45. The Morgan fingerprint density at radius 2 is 1.48 bits per heavy atom. The van der Waals surface area contributed by atoms with Gasteiger partial charge in [0.2, 0.25) is 5.60 Å². The summed E-state index contributed by atoms with van der Waals surface area (Å²) < 4.78 is 40.3. The summed E-state index contributed by atoms with van der Waals surface area (Å²) in [5.74, 6) is 0. The average molecular weight is 321 g/mol. The molecule has 0 spiro atoms. The van der Waals surface area contributed by atoms with Crippen LogP contribution in [-0.4, -0.2) is 25.4 Å². The summed E-state index contributed by atoms with van der Waals surface area (Å²) in [6.45, 7) is 0. The van der Waals surface area contributed by atoms with Crippen LogP contribution in [0.15, 0.2) is 60.7 Å². The quantitative estimate of drug-likeness (QED) is 0.911. The second-order valence-corrected chi connectivity index (χ2v) is 5.45. The van der Waals surface area contributed by atoms with Crippen LogP contribution >= 0.6 is 0 Å². The highest BCUT2D eigenvalue weighted by atomic mass is 19.4. The van der Waals surface area contributed by atoms with Gasteiger partial charge in [0.15, 0.2) is 0 Å². The number of hydrogen-bond donors (Lipinski definition) is 1. The van der Waals surface area contributed by atoms with Gasteiger partial charge < -0.3 is 10.0 Å². The third kappa shape index (κ3) is 3.74. The molecule has 23 heavy (non-hydrogen) atoms. The molecule has 122 valence electrons. The predicted octanol–water partition coefficient (Wildman–Crippen LogP) is 4.22. The molecule has 0 saturated carbocycles. The maximum absolute atomic E-state index is 13.4. The monoisotopic (exact) mass is 321 g/mol. The molecule has 0 radical (unpaired) electrons. The molecule has 0 heterocycles. The first kappa shape index (κ1) is 17.1. The van der Waals surface area contributed by atoms with E-state index in [1.807, 2.05) is 0 Å². The Kier molecular flexibility index (Phi) is 4.80. The largest absolute Gasteiger partial charge is 0.425 e. The molecule has 0 aliphatic carbocycles. The van der Waals surface area contributed by atoms with Crippen molar-refractivity contribution in [2.24, 2.45) is 0 Å². The van der Waals surface area contributed by atoms with Gasteiger partial charge in [-0.05, 0) is 29.3 Å². The van der Waals surface area contributed by atoms with Gasteiger partial charge in [0, 0.05) is 19.8 Å². The number of rotatable bonds is 4. The fourth-order valence-electron chi connectivity index (χ4n) is 2.15.